The molecule has 0 saturated carbocycles. The van der Waals surface area contributed by atoms with Gasteiger partial charge in [0.1, 0.15) is 10.6 Å². The molecule has 0 spiro atoms. The zero-order chi connectivity index (χ0) is 24.2. The number of nitrogens with zero attached hydrogens (tertiary/aromatic N) is 3. The maximum atomic E-state index is 12.7. The second-order valence-electron chi connectivity index (χ2n) is 7.42. The molecular weight excluding hydrogens is 492 g/mol. The number of thiophene rings is 1. The Morgan fingerprint density at radius 1 is 1.09 bits per heavy atom. The number of anilines is 1. The van der Waals surface area contributed by atoms with Crippen molar-refractivity contribution in [3.63, 3.8) is 0 Å². The van der Waals surface area contributed by atoms with E-state index in [1.807, 2.05) is 60.3 Å². The van der Waals surface area contributed by atoms with Crippen molar-refractivity contribution in [3.05, 3.63) is 70.1 Å². The number of esters is 1. The molecule has 0 atom stereocenters. The Labute approximate surface area is 210 Å². The Bertz CT molecular complexity index is 1330. The number of methoxy groups -OCH3 is 1. The Balaban J connectivity index is 1.48. The van der Waals surface area contributed by atoms with E-state index in [-0.39, 0.29) is 11.7 Å². The van der Waals surface area contributed by atoms with E-state index in [0.717, 1.165) is 22.5 Å². The lowest BCUT2D eigenvalue weighted by atomic mass is 10.0. The molecule has 0 radical (unpaired) electrons. The zero-order valence-electron chi connectivity index (χ0n) is 18.7. The van der Waals surface area contributed by atoms with E-state index in [1.54, 1.807) is 12.1 Å². The van der Waals surface area contributed by atoms with Crippen LogP contribution in [0.1, 0.15) is 15.9 Å². The van der Waals surface area contributed by atoms with Crippen LogP contribution < -0.4 is 5.32 Å². The van der Waals surface area contributed by atoms with E-state index in [0.29, 0.717) is 26.3 Å². The van der Waals surface area contributed by atoms with Crippen LogP contribution in [0.4, 0.5) is 5.00 Å². The first-order valence-corrected chi connectivity index (χ1v) is 12.5. The van der Waals surface area contributed by atoms with E-state index < -0.39 is 5.97 Å². The van der Waals surface area contributed by atoms with Gasteiger partial charge in [-0.1, -0.05) is 65.3 Å². The summed E-state index contributed by atoms with van der Waals surface area (Å²) in [5.74, 6) is 0.0424. The summed E-state index contributed by atoms with van der Waals surface area (Å²) in [6, 6.07) is 15.1. The number of hydrogen-bond donors (Lipinski definition) is 1. The van der Waals surface area contributed by atoms with Gasteiger partial charge < -0.3 is 14.6 Å². The summed E-state index contributed by atoms with van der Waals surface area (Å²) < 4.78 is 6.82. The molecule has 2 heterocycles. The maximum Gasteiger partial charge on any atom is 0.341 e. The highest BCUT2D eigenvalue weighted by atomic mass is 35.5. The molecule has 0 fully saturated rings. The van der Waals surface area contributed by atoms with E-state index in [2.05, 4.69) is 15.5 Å². The van der Waals surface area contributed by atoms with Crippen LogP contribution in [-0.4, -0.2) is 39.5 Å². The minimum atomic E-state index is -0.523. The Morgan fingerprint density at radius 2 is 1.76 bits per heavy atom. The fourth-order valence-corrected chi connectivity index (χ4v) is 5.09. The molecule has 2 aromatic carbocycles. The first-order chi connectivity index (χ1) is 16.4. The summed E-state index contributed by atoms with van der Waals surface area (Å²) in [6.07, 6.45) is 0. The first kappa shape index (κ1) is 24.0. The molecule has 10 heteroatoms. The van der Waals surface area contributed by atoms with Crippen LogP contribution >= 0.6 is 34.7 Å². The topological polar surface area (TPSA) is 86.1 Å². The number of ether oxygens (including phenoxy) is 1. The van der Waals surface area contributed by atoms with Gasteiger partial charge in [-0.15, -0.1) is 21.5 Å². The third-order valence-corrected chi connectivity index (χ3v) is 7.23. The summed E-state index contributed by atoms with van der Waals surface area (Å²) in [6.45, 7) is 2.03. The van der Waals surface area contributed by atoms with E-state index in [9.17, 15) is 9.59 Å². The van der Waals surface area contributed by atoms with Gasteiger partial charge in [0.15, 0.2) is 11.0 Å². The van der Waals surface area contributed by atoms with Crippen molar-refractivity contribution in [1.82, 2.24) is 14.8 Å². The lowest BCUT2D eigenvalue weighted by Gasteiger charge is -2.08. The molecule has 7 nitrogen and oxygen atoms in total. The average Bonchev–Trinajstić information content (AvgIpc) is 3.41. The molecule has 2 aromatic heterocycles. The molecule has 0 aliphatic heterocycles. The van der Waals surface area contributed by atoms with Crippen molar-refractivity contribution in [1.29, 1.82) is 0 Å². The van der Waals surface area contributed by atoms with Crippen molar-refractivity contribution in [3.8, 4) is 22.5 Å². The molecule has 4 rings (SSSR count). The number of carbonyl (C=O) groups is 2. The molecule has 0 unspecified atom stereocenters. The van der Waals surface area contributed by atoms with Crippen LogP contribution in [0.2, 0.25) is 5.02 Å². The number of aromatic nitrogens is 3. The van der Waals surface area contributed by atoms with Gasteiger partial charge in [-0.2, -0.15) is 0 Å². The summed E-state index contributed by atoms with van der Waals surface area (Å²) in [5, 5.41) is 14.8. The number of hydrogen-bond acceptors (Lipinski definition) is 7. The van der Waals surface area contributed by atoms with Gasteiger partial charge in [0.25, 0.3) is 0 Å². The van der Waals surface area contributed by atoms with Crippen molar-refractivity contribution in [2.24, 2.45) is 7.05 Å². The van der Waals surface area contributed by atoms with Gasteiger partial charge in [0, 0.05) is 28.6 Å². The van der Waals surface area contributed by atoms with Crippen LogP contribution in [0.15, 0.2) is 59.1 Å². The third-order valence-electron chi connectivity index (χ3n) is 5.07. The molecule has 0 aliphatic rings. The molecule has 174 valence electrons. The van der Waals surface area contributed by atoms with Gasteiger partial charge in [0.2, 0.25) is 5.91 Å². The molecule has 4 aromatic rings. The normalized spacial score (nSPS) is 10.8. The average molecular weight is 513 g/mol. The van der Waals surface area contributed by atoms with Gasteiger partial charge >= 0.3 is 5.97 Å². The molecule has 0 aliphatic carbocycles. The molecule has 1 amide bonds. The Morgan fingerprint density at radius 3 is 2.44 bits per heavy atom. The van der Waals surface area contributed by atoms with E-state index in [4.69, 9.17) is 16.3 Å². The summed E-state index contributed by atoms with van der Waals surface area (Å²) in [7, 11) is 3.18. The van der Waals surface area contributed by atoms with Crippen molar-refractivity contribution < 1.29 is 14.3 Å². The van der Waals surface area contributed by atoms with E-state index in [1.165, 1.54) is 30.2 Å². The number of thioether (sulfide) groups is 1. The van der Waals surface area contributed by atoms with Crippen LogP contribution in [0.5, 0.6) is 0 Å². The third kappa shape index (κ3) is 5.16. The van der Waals surface area contributed by atoms with Gasteiger partial charge in [0.05, 0.1) is 12.9 Å². The maximum absolute atomic E-state index is 12.7. The minimum Gasteiger partial charge on any atom is -0.465 e. The number of carbonyl (C=O) groups excluding carboxylic acids is 2. The number of nitrogens with one attached hydrogen (secondary N) is 1. The van der Waals surface area contributed by atoms with E-state index >= 15 is 0 Å². The molecular formula is C24H21ClN4O3S2. The summed E-state index contributed by atoms with van der Waals surface area (Å²) in [4.78, 5) is 25.2. The summed E-state index contributed by atoms with van der Waals surface area (Å²) >= 11 is 8.52. The fourth-order valence-electron chi connectivity index (χ4n) is 3.28. The quantitative estimate of drug-likeness (QED) is 0.253. The first-order valence-electron chi connectivity index (χ1n) is 10.2. The Hall–Kier alpha value is -3.14. The van der Waals surface area contributed by atoms with Gasteiger partial charge in [-0.05, 0) is 24.6 Å². The van der Waals surface area contributed by atoms with Crippen molar-refractivity contribution >= 4 is 51.6 Å². The lowest BCUT2D eigenvalue weighted by Crippen LogP contribution is -2.16. The number of halogens is 1. The predicted octanol–water partition coefficient (Wildman–Crippen LogP) is 5.69. The largest absolute Gasteiger partial charge is 0.465 e. The highest BCUT2D eigenvalue weighted by Crippen LogP contribution is 2.36. The Kier molecular flexibility index (Phi) is 7.35. The van der Waals surface area contributed by atoms with Crippen LogP contribution in [0, 0.1) is 6.92 Å². The number of aryl methyl sites for hydroxylation is 1. The van der Waals surface area contributed by atoms with Crippen molar-refractivity contribution in [2.45, 2.75) is 12.1 Å². The zero-order valence-corrected chi connectivity index (χ0v) is 21.1. The monoisotopic (exact) mass is 512 g/mol. The summed E-state index contributed by atoms with van der Waals surface area (Å²) in [5.41, 5.74) is 3.91. The molecule has 0 bridgehead atoms. The second-order valence-corrected chi connectivity index (χ2v) is 9.68. The van der Waals surface area contributed by atoms with Crippen LogP contribution in [0.3, 0.4) is 0 Å². The second kappa shape index (κ2) is 10.4. The van der Waals surface area contributed by atoms with Crippen molar-refractivity contribution in [2.75, 3.05) is 18.2 Å². The highest BCUT2D eigenvalue weighted by molar-refractivity contribution is 7.99. The fraction of sp³-hybridized carbons (Fsp3) is 0.167. The smallest absolute Gasteiger partial charge is 0.341 e. The van der Waals surface area contributed by atoms with Crippen LogP contribution in [-0.2, 0) is 16.6 Å². The molecule has 1 N–H and O–H groups in total. The number of amides is 1. The minimum absolute atomic E-state index is 0.106. The van der Waals surface area contributed by atoms with Crippen LogP contribution in [0.25, 0.3) is 22.5 Å². The van der Waals surface area contributed by atoms with Gasteiger partial charge in [-0.3, -0.25) is 4.79 Å². The lowest BCUT2D eigenvalue weighted by molar-refractivity contribution is -0.113. The number of benzene rings is 2. The molecule has 0 saturated heterocycles. The number of rotatable bonds is 7. The predicted molar refractivity (Wildman–Crippen MR) is 137 cm³/mol. The SMILES string of the molecule is COC(=O)c1c(-c2ccc(Cl)cc2)csc1NC(=O)CSc1nnc(-c2ccc(C)cc2)n1C. The van der Waals surface area contributed by atoms with Gasteiger partial charge in [-0.25, -0.2) is 4.79 Å². The highest BCUT2D eigenvalue weighted by Gasteiger charge is 2.23. The standard InChI is InChI=1S/C24H21ClN4O3S2/c1-14-4-6-16(7-5-14)21-27-28-24(29(21)2)34-13-19(30)26-22-20(23(31)32-3)18(12-33-22)15-8-10-17(25)11-9-15/h4-12H,13H2,1-3H3,(H,26,30). The molecule has 34 heavy (non-hydrogen) atoms.